The molecule has 20 heavy (non-hydrogen) atoms. The van der Waals surface area contributed by atoms with Crippen LogP contribution in [0.5, 0.6) is 5.75 Å². The lowest BCUT2D eigenvalue weighted by Gasteiger charge is -2.34. The number of nitrogens with zero attached hydrogens (tertiary/aromatic N) is 3. The smallest absolute Gasteiger partial charge is 0.119 e. The molecule has 1 saturated heterocycles. The van der Waals surface area contributed by atoms with Gasteiger partial charge < -0.3 is 9.64 Å². The normalized spacial score (nSPS) is 16.8. The van der Waals surface area contributed by atoms with Crippen molar-refractivity contribution in [2.45, 2.75) is 12.8 Å². The zero-order chi connectivity index (χ0) is 14.0. The van der Waals surface area contributed by atoms with Crippen LogP contribution in [0.25, 0.3) is 0 Å². The summed E-state index contributed by atoms with van der Waals surface area (Å²) in [7, 11) is 0. The first kappa shape index (κ1) is 14.8. The van der Waals surface area contributed by atoms with E-state index in [2.05, 4.69) is 15.9 Å². The van der Waals surface area contributed by atoms with Crippen LogP contribution >= 0.6 is 0 Å². The van der Waals surface area contributed by atoms with E-state index >= 15 is 0 Å². The average Bonchev–Trinajstić information content (AvgIpc) is 2.50. The van der Waals surface area contributed by atoms with Crippen molar-refractivity contribution in [2.24, 2.45) is 0 Å². The van der Waals surface area contributed by atoms with Gasteiger partial charge >= 0.3 is 0 Å². The van der Waals surface area contributed by atoms with Crippen LogP contribution in [-0.2, 0) is 0 Å². The number of rotatable bonds is 7. The van der Waals surface area contributed by atoms with Gasteiger partial charge in [-0.2, -0.15) is 5.26 Å². The molecule has 0 aliphatic carbocycles. The topological polar surface area (TPSA) is 39.5 Å². The maximum Gasteiger partial charge on any atom is 0.119 e. The zero-order valence-corrected chi connectivity index (χ0v) is 12.0. The van der Waals surface area contributed by atoms with Crippen molar-refractivity contribution in [3.8, 4) is 11.8 Å². The molecule has 2 rings (SSSR count). The van der Waals surface area contributed by atoms with Crippen molar-refractivity contribution < 1.29 is 4.74 Å². The Morgan fingerprint density at radius 3 is 2.30 bits per heavy atom. The Morgan fingerprint density at radius 1 is 1.00 bits per heavy atom. The second-order valence-electron chi connectivity index (χ2n) is 5.11. The van der Waals surface area contributed by atoms with Crippen LogP contribution in [-0.4, -0.2) is 55.7 Å². The number of piperazine rings is 1. The van der Waals surface area contributed by atoms with E-state index in [1.54, 1.807) is 0 Å². The maximum absolute atomic E-state index is 8.54. The van der Waals surface area contributed by atoms with E-state index in [1.807, 2.05) is 30.3 Å². The molecule has 0 spiro atoms. The highest BCUT2D eigenvalue weighted by Gasteiger charge is 2.15. The van der Waals surface area contributed by atoms with E-state index < -0.39 is 0 Å². The summed E-state index contributed by atoms with van der Waals surface area (Å²) in [6.07, 6.45) is 1.67. The molecule has 0 atom stereocenters. The molecule has 1 aromatic rings. The highest BCUT2D eigenvalue weighted by molar-refractivity contribution is 5.20. The summed E-state index contributed by atoms with van der Waals surface area (Å²) >= 11 is 0. The number of unbranched alkanes of at least 4 members (excludes halogenated alkanes) is 1. The van der Waals surface area contributed by atoms with Gasteiger partial charge in [-0.05, 0) is 25.1 Å². The summed E-state index contributed by atoms with van der Waals surface area (Å²) in [5.41, 5.74) is 0. The molecule has 0 amide bonds. The van der Waals surface area contributed by atoms with E-state index in [0.717, 1.165) is 58.0 Å². The van der Waals surface area contributed by atoms with E-state index in [9.17, 15) is 0 Å². The number of ether oxygens (including phenoxy) is 1. The Hall–Kier alpha value is -1.57. The van der Waals surface area contributed by atoms with E-state index in [1.165, 1.54) is 0 Å². The standard InChI is InChI=1S/C16H23N3O/c17-8-4-5-9-18-10-12-19(13-11-18)14-15-20-16-6-2-1-3-7-16/h1-3,6-7H,4-5,9-15H2. The first-order valence-corrected chi connectivity index (χ1v) is 7.38. The van der Waals surface area contributed by atoms with Gasteiger partial charge in [-0.1, -0.05) is 18.2 Å². The number of hydrogen-bond acceptors (Lipinski definition) is 4. The van der Waals surface area contributed by atoms with Gasteiger partial charge in [-0.15, -0.1) is 0 Å². The molecule has 1 aliphatic heterocycles. The van der Waals surface area contributed by atoms with Crippen LogP contribution in [0.3, 0.4) is 0 Å². The molecule has 4 heteroatoms. The summed E-state index contributed by atoms with van der Waals surface area (Å²) in [4.78, 5) is 4.90. The third kappa shape index (κ3) is 5.20. The van der Waals surface area contributed by atoms with Gasteiger partial charge in [-0.3, -0.25) is 4.90 Å². The molecule has 0 radical (unpaired) electrons. The second kappa shape index (κ2) is 8.57. The molecule has 0 unspecified atom stereocenters. The predicted octanol–water partition coefficient (Wildman–Crippen LogP) is 1.99. The highest BCUT2D eigenvalue weighted by Crippen LogP contribution is 2.08. The van der Waals surface area contributed by atoms with Crippen LogP contribution in [0.2, 0.25) is 0 Å². The molecule has 1 heterocycles. The number of para-hydroxylation sites is 1. The average molecular weight is 273 g/mol. The third-order valence-electron chi connectivity index (χ3n) is 3.65. The van der Waals surface area contributed by atoms with Gasteiger partial charge in [0.05, 0.1) is 6.07 Å². The van der Waals surface area contributed by atoms with Crippen molar-refractivity contribution in [1.29, 1.82) is 5.26 Å². The van der Waals surface area contributed by atoms with Crippen LogP contribution < -0.4 is 4.74 Å². The highest BCUT2D eigenvalue weighted by atomic mass is 16.5. The summed E-state index contributed by atoms with van der Waals surface area (Å²) < 4.78 is 5.72. The van der Waals surface area contributed by atoms with Crippen molar-refractivity contribution in [3.63, 3.8) is 0 Å². The van der Waals surface area contributed by atoms with Gasteiger partial charge in [0, 0.05) is 39.1 Å². The lowest BCUT2D eigenvalue weighted by molar-refractivity contribution is 0.116. The largest absolute Gasteiger partial charge is 0.492 e. The van der Waals surface area contributed by atoms with Crippen LogP contribution in [0.4, 0.5) is 0 Å². The Balaban J connectivity index is 1.57. The molecule has 0 saturated carbocycles. The minimum atomic E-state index is 0.672. The lowest BCUT2D eigenvalue weighted by Crippen LogP contribution is -2.47. The van der Waals surface area contributed by atoms with E-state index in [0.29, 0.717) is 6.42 Å². The number of benzene rings is 1. The van der Waals surface area contributed by atoms with E-state index in [4.69, 9.17) is 10.00 Å². The number of hydrogen-bond donors (Lipinski definition) is 0. The van der Waals surface area contributed by atoms with Gasteiger partial charge in [0.25, 0.3) is 0 Å². The summed E-state index contributed by atoms with van der Waals surface area (Å²) in [5, 5.41) is 8.54. The predicted molar refractivity (Wildman–Crippen MR) is 79.7 cm³/mol. The molecule has 0 bridgehead atoms. The fraction of sp³-hybridized carbons (Fsp3) is 0.562. The Labute approximate surface area is 121 Å². The minimum Gasteiger partial charge on any atom is -0.492 e. The quantitative estimate of drug-likeness (QED) is 0.712. The van der Waals surface area contributed by atoms with Crippen molar-refractivity contribution in [3.05, 3.63) is 30.3 Å². The monoisotopic (exact) mass is 273 g/mol. The van der Waals surface area contributed by atoms with Crippen molar-refractivity contribution >= 4 is 0 Å². The van der Waals surface area contributed by atoms with Crippen LogP contribution in [0.1, 0.15) is 12.8 Å². The van der Waals surface area contributed by atoms with Crippen molar-refractivity contribution in [1.82, 2.24) is 9.80 Å². The molecular formula is C16H23N3O. The molecule has 0 aromatic heterocycles. The Bertz CT molecular complexity index is 407. The second-order valence-corrected chi connectivity index (χ2v) is 5.11. The van der Waals surface area contributed by atoms with Gasteiger partial charge in [0.2, 0.25) is 0 Å². The summed E-state index contributed by atoms with van der Waals surface area (Å²) in [6, 6.07) is 12.2. The third-order valence-corrected chi connectivity index (χ3v) is 3.65. The number of nitriles is 1. The SMILES string of the molecule is N#CCCCN1CCN(CCOc2ccccc2)CC1. The molecule has 1 aromatic carbocycles. The molecular weight excluding hydrogens is 250 g/mol. The fourth-order valence-electron chi connectivity index (χ4n) is 2.43. The van der Waals surface area contributed by atoms with Gasteiger partial charge in [0.1, 0.15) is 12.4 Å². The molecule has 108 valence electrons. The van der Waals surface area contributed by atoms with Crippen LogP contribution in [0, 0.1) is 11.3 Å². The summed E-state index contributed by atoms with van der Waals surface area (Å²) in [6.45, 7) is 7.21. The molecule has 4 nitrogen and oxygen atoms in total. The van der Waals surface area contributed by atoms with Crippen molar-refractivity contribution in [2.75, 3.05) is 45.9 Å². The van der Waals surface area contributed by atoms with Crippen LogP contribution in [0.15, 0.2) is 30.3 Å². The fourth-order valence-corrected chi connectivity index (χ4v) is 2.43. The molecule has 0 N–H and O–H groups in total. The first-order chi connectivity index (χ1) is 9.88. The molecule has 1 aliphatic rings. The Morgan fingerprint density at radius 2 is 1.65 bits per heavy atom. The summed E-state index contributed by atoms with van der Waals surface area (Å²) in [5.74, 6) is 0.947. The maximum atomic E-state index is 8.54. The lowest BCUT2D eigenvalue weighted by atomic mass is 10.2. The molecule has 1 fully saturated rings. The van der Waals surface area contributed by atoms with Gasteiger partial charge in [0.15, 0.2) is 0 Å². The van der Waals surface area contributed by atoms with E-state index in [-0.39, 0.29) is 0 Å². The van der Waals surface area contributed by atoms with Gasteiger partial charge in [-0.25, -0.2) is 0 Å². The zero-order valence-electron chi connectivity index (χ0n) is 12.0. The first-order valence-electron chi connectivity index (χ1n) is 7.38. The Kier molecular flexibility index (Phi) is 6.36. The minimum absolute atomic E-state index is 0.672.